The van der Waals surface area contributed by atoms with Crippen molar-refractivity contribution in [3.05, 3.63) is 24.3 Å². The number of hydrogen-bond acceptors (Lipinski definition) is 6. The minimum Gasteiger partial charge on any atom is -0.756 e. The Hall–Kier alpha value is -1.02. The molecule has 0 rings (SSSR count). The van der Waals surface area contributed by atoms with E-state index < -0.39 is 20.0 Å². The van der Waals surface area contributed by atoms with Crippen LogP contribution in [0.5, 0.6) is 0 Å². The molecule has 0 heterocycles. The lowest BCUT2D eigenvalue weighted by Crippen LogP contribution is -2.45. The molecule has 88 heavy (non-hydrogen) atoms. The van der Waals surface area contributed by atoms with Crippen LogP contribution in [0.2, 0.25) is 0 Å². The molecular formula is C79H157N2O6P. The second kappa shape index (κ2) is 70.3. The quantitative estimate of drug-likeness (QED) is 0.0272. The van der Waals surface area contributed by atoms with Crippen molar-refractivity contribution in [3.63, 3.8) is 0 Å². The Kier molecular flexibility index (Phi) is 69.5. The van der Waals surface area contributed by atoms with Gasteiger partial charge in [-0.05, 0) is 32.1 Å². The van der Waals surface area contributed by atoms with Crippen molar-refractivity contribution in [2.45, 2.75) is 437 Å². The monoisotopic (exact) mass is 1260 g/mol. The number of phosphoric acid groups is 1. The number of carbonyl (C=O) groups is 1. The number of hydrogen-bond donors (Lipinski definition) is 2. The topological polar surface area (TPSA) is 108 Å². The van der Waals surface area contributed by atoms with Crippen molar-refractivity contribution in [2.24, 2.45) is 0 Å². The van der Waals surface area contributed by atoms with Crippen LogP contribution >= 0.6 is 7.82 Å². The Morgan fingerprint density at radius 1 is 0.386 bits per heavy atom. The van der Waals surface area contributed by atoms with Gasteiger partial charge >= 0.3 is 0 Å². The Morgan fingerprint density at radius 2 is 0.636 bits per heavy atom. The minimum atomic E-state index is -4.61. The van der Waals surface area contributed by atoms with Crippen LogP contribution in [0.3, 0.4) is 0 Å². The molecule has 1 amide bonds. The van der Waals surface area contributed by atoms with Gasteiger partial charge in [0.15, 0.2) is 0 Å². The van der Waals surface area contributed by atoms with Gasteiger partial charge in [-0.1, -0.05) is 411 Å². The smallest absolute Gasteiger partial charge is 0.268 e. The van der Waals surface area contributed by atoms with Crippen LogP contribution in [-0.2, 0) is 18.4 Å². The van der Waals surface area contributed by atoms with E-state index in [-0.39, 0.29) is 19.1 Å². The lowest BCUT2D eigenvalue weighted by Gasteiger charge is -2.29. The van der Waals surface area contributed by atoms with Crippen LogP contribution in [0, 0.1) is 0 Å². The summed E-state index contributed by atoms with van der Waals surface area (Å²) in [5, 5.41) is 14.0. The van der Waals surface area contributed by atoms with E-state index in [1.165, 1.54) is 366 Å². The van der Waals surface area contributed by atoms with E-state index in [9.17, 15) is 19.4 Å². The number of amides is 1. The molecule has 0 aliphatic rings. The molecule has 3 unspecified atom stereocenters. The standard InChI is InChI=1S/C79H157N2O6P/c1-6-8-10-12-14-16-18-20-22-24-26-28-30-32-33-34-35-36-37-38-39-40-41-42-43-44-45-46-47-49-51-53-55-57-59-61-63-65-67-69-71-73-79(83)80-77(76-87-88(84,85)86-75-74-81(3,4)5)78(82)72-70-68-66-64-62-60-58-56-54-52-50-48-31-29-27-25-23-21-19-17-15-13-11-9-7-2/h62,64,70,72,77-78,82H,6-61,63,65-69,71,73-76H2,1-5H3,(H-,80,83,84,85)/b64-62+,72-70+. The van der Waals surface area contributed by atoms with Crippen molar-refractivity contribution < 1.29 is 32.9 Å². The van der Waals surface area contributed by atoms with Gasteiger partial charge in [0.2, 0.25) is 5.91 Å². The molecule has 0 fully saturated rings. The lowest BCUT2D eigenvalue weighted by molar-refractivity contribution is -0.870. The highest BCUT2D eigenvalue weighted by atomic mass is 31.2. The van der Waals surface area contributed by atoms with E-state index in [0.717, 1.165) is 38.5 Å². The summed E-state index contributed by atoms with van der Waals surface area (Å²) >= 11 is 0. The third-order valence-electron chi connectivity index (χ3n) is 18.7. The van der Waals surface area contributed by atoms with Gasteiger partial charge in [-0.2, -0.15) is 0 Å². The highest BCUT2D eigenvalue weighted by Crippen LogP contribution is 2.38. The van der Waals surface area contributed by atoms with Gasteiger partial charge < -0.3 is 28.8 Å². The molecule has 0 bridgehead atoms. The average Bonchev–Trinajstić information content (AvgIpc) is 3.71. The number of aliphatic hydroxyl groups excluding tert-OH is 1. The summed E-state index contributed by atoms with van der Waals surface area (Å²) in [6, 6.07) is -0.902. The van der Waals surface area contributed by atoms with E-state index in [1.54, 1.807) is 6.08 Å². The van der Waals surface area contributed by atoms with Gasteiger partial charge in [-0.15, -0.1) is 0 Å². The molecule has 0 aromatic rings. The summed E-state index contributed by atoms with van der Waals surface area (Å²) in [7, 11) is 1.27. The molecule has 0 aromatic heterocycles. The van der Waals surface area contributed by atoms with E-state index in [2.05, 4.69) is 31.3 Å². The van der Waals surface area contributed by atoms with Gasteiger partial charge in [-0.3, -0.25) is 9.36 Å². The molecule has 2 N–H and O–H groups in total. The first-order valence-electron chi connectivity index (χ1n) is 39.7. The van der Waals surface area contributed by atoms with Crippen LogP contribution in [0.4, 0.5) is 0 Å². The summed E-state index contributed by atoms with van der Waals surface area (Å²) in [5.74, 6) is -0.197. The highest BCUT2D eigenvalue weighted by molar-refractivity contribution is 7.45. The Labute approximate surface area is 551 Å². The maximum absolute atomic E-state index is 13.1. The van der Waals surface area contributed by atoms with E-state index >= 15 is 0 Å². The normalized spacial score (nSPS) is 13.6. The molecule has 9 heteroatoms. The molecule has 0 aliphatic carbocycles. The molecular weight excluding hydrogens is 1100 g/mol. The van der Waals surface area contributed by atoms with Crippen LogP contribution in [0.25, 0.3) is 0 Å². The SMILES string of the molecule is CCCCCCCCCCCCCCCCCCCCC/C=C/CC/C=C/C(O)C(COP(=O)([O-])OCC[N+](C)(C)C)NC(=O)CCCCCCCCCCCCCCCCCCCCCCCCCCCCCCCCCCCCCCCCCCC. The van der Waals surface area contributed by atoms with Crippen LogP contribution in [0.15, 0.2) is 24.3 Å². The number of carbonyl (C=O) groups excluding carboxylic acids is 1. The summed E-state index contributed by atoms with van der Waals surface area (Å²) in [6.07, 6.45) is 93.7. The van der Waals surface area contributed by atoms with Crippen molar-refractivity contribution in [3.8, 4) is 0 Å². The van der Waals surface area contributed by atoms with Crippen LogP contribution in [0.1, 0.15) is 425 Å². The fourth-order valence-corrected chi connectivity index (χ4v) is 13.3. The fourth-order valence-electron chi connectivity index (χ4n) is 12.5. The fraction of sp³-hybridized carbons (Fsp3) is 0.937. The number of nitrogens with zero attached hydrogens (tertiary/aromatic N) is 1. The molecule has 8 nitrogen and oxygen atoms in total. The lowest BCUT2D eigenvalue weighted by atomic mass is 10.0. The van der Waals surface area contributed by atoms with E-state index in [1.807, 2.05) is 27.2 Å². The van der Waals surface area contributed by atoms with Crippen molar-refractivity contribution in [2.75, 3.05) is 40.9 Å². The summed E-state index contributed by atoms with van der Waals surface area (Å²) in [5.41, 5.74) is 0. The number of rotatable bonds is 75. The summed E-state index contributed by atoms with van der Waals surface area (Å²) in [4.78, 5) is 25.7. The third-order valence-corrected chi connectivity index (χ3v) is 19.6. The Balaban J connectivity index is 3.90. The number of allylic oxidation sites excluding steroid dienone is 3. The Bertz CT molecular complexity index is 1480. The number of quaternary nitrogens is 1. The van der Waals surface area contributed by atoms with Gasteiger partial charge in [0, 0.05) is 6.42 Å². The first-order valence-corrected chi connectivity index (χ1v) is 41.2. The number of phosphoric ester groups is 1. The summed E-state index contributed by atoms with van der Waals surface area (Å²) < 4.78 is 23.5. The zero-order valence-electron chi connectivity index (χ0n) is 60.2. The maximum Gasteiger partial charge on any atom is 0.268 e. The predicted octanol–water partition coefficient (Wildman–Crippen LogP) is 25.2. The zero-order valence-corrected chi connectivity index (χ0v) is 61.1. The molecule has 0 spiro atoms. The highest BCUT2D eigenvalue weighted by Gasteiger charge is 2.23. The molecule has 0 saturated carbocycles. The van der Waals surface area contributed by atoms with Crippen LogP contribution in [-0.4, -0.2) is 68.5 Å². The van der Waals surface area contributed by atoms with Crippen LogP contribution < -0.4 is 10.2 Å². The number of likely N-dealkylation sites (N-methyl/N-ethyl adjacent to an activating group) is 1. The minimum absolute atomic E-state index is 0.00333. The number of nitrogens with one attached hydrogen (secondary N) is 1. The Morgan fingerprint density at radius 3 is 0.920 bits per heavy atom. The van der Waals surface area contributed by atoms with E-state index in [0.29, 0.717) is 17.4 Å². The predicted molar refractivity (Wildman–Crippen MR) is 385 cm³/mol. The second-order valence-corrected chi connectivity index (χ2v) is 30.2. The largest absolute Gasteiger partial charge is 0.756 e. The number of unbranched alkanes of at least 4 members (excludes halogenated alkanes) is 60. The van der Waals surface area contributed by atoms with Gasteiger partial charge in [0.25, 0.3) is 7.82 Å². The zero-order chi connectivity index (χ0) is 64.1. The summed E-state index contributed by atoms with van der Waals surface area (Å²) in [6.45, 7) is 4.70. The first kappa shape index (κ1) is 87.0. The van der Waals surface area contributed by atoms with Gasteiger partial charge in [0.1, 0.15) is 13.2 Å². The first-order chi connectivity index (χ1) is 43.0. The average molecular weight is 1260 g/mol. The molecule has 0 radical (unpaired) electrons. The maximum atomic E-state index is 13.1. The van der Waals surface area contributed by atoms with Gasteiger partial charge in [-0.25, -0.2) is 0 Å². The van der Waals surface area contributed by atoms with E-state index in [4.69, 9.17) is 9.05 Å². The third kappa shape index (κ3) is 72.4. The second-order valence-electron chi connectivity index (χ2n) is 28.8. The van der Waals surface area contributed by atoms with Crippen molar-refractivity contribution in [1.29, 1.82) is 0 Å². The molecule has 0 aliphatic heterocycles. The molecule has 3 atom stereocenters. The molecule has 524 valence electrons. The van der Waals surface area contributed by atoms with Crippen molar-refractivity contribution >= 4 is 13.7 Å². The molecule has 0 saturated heterocycles. The number of aliphatic hydroxyl groups is 1. The van der Waals surface area contributed by atoms with Gasteiger partial charge in [0.05, 0.1) is 39.9 Å². The molecule has 0 aromatic carbocycles. The van der Waals surface area contributed by atoms with Crippen molar-refractivity contribution in [1.82, 2.24) is 5.32 Å².